The minimum absolute atomic E-state index is 0.252. The first-order valence-electron chi connectivity index (χ1n) is 6.27. The van der Waals surface area contributed by atoms with Gasteiger partial charge < -0.3 is 15.8 Å². The Hall–Kier alpha value is -2.60. The van der Waals surface area contributed by atoms with Gasteiger partial charge in [0.15, 0.2) is 0 Å². The van der Waals surface area contributed by atoms with E-state index in [0.29, 0.717) is 22.0 Å². The number of ether oxygens (including phenoxy) is 1. The van der Waals surface area contributed by atoms with E-state index < -0.39 is 0 Å². The van der Waals surface area contributed by atoms with Crippen molar-refractivity contribution in [3.8, 4) is 5.75 Å². The molecule has 5 nitrogen and oxygen atoms in total. The van der Waals surface area contributed by atoms with Gasteiger partial charge in [-0.25, -0.2) is 0 Å². The monoisotopic (exact) mass is 299 g/mol. The summed E-state index contributed by atoms with van der Waals surface area (Å²) in [5.41, 5.74) is 7.14. The highest BCUT2D eigenvalue weighted by atomic mass is 32.1. The number of hydrogen-bond donors (Lipinski definition) is 2. The van der Waals surface area contributed by atoms with Crippen molar-refractivity contribution >= 4 is 38.7 Å². The summed E-state index contributed by atoms with van der Waals surface area (Å²) in [5.74, 6) is 0.352. The molecule has 2 aromatic heterocycles. The molecule has 0 atom stereocenters. The summed E-state index contributed by atoms with van der Waals surface area (Å²) in [4.78, 5) is 16.9. The Bertz CT molecular complexity index is 814. The van der Waals surface area contributed by atoms with Gasteiger partial charge >= 0.3 is 0 Å². The number of benzene rings is 1. The molecule has 21 heavy (non-hydrogen) atoms. The Morgan fingerprint density at radius 3 is 2.90 bits per heavy atom. The van der Waals surface area contributed by atoms with Crippen molar-refractivity contribution in [2.24, 2.45) is 0 Å². The first-order valence-corrected chi connectivity index (χ1v) is 7.08. The number of methoxy groups -OCH3 is 1. The van der Waals surface area contributed by atoms with Crippen LogP contribution in [0.2, 0.25) is 0 Å². The van der Waals surface area contributed by atoms with E-state index in [1.807, 2.05) is 12.1 Å². The van der Waals surface area contributed by atoms with Crippen LogP contribution in [0.4, 0.5) is 11.4 Å². The number of pyridine rings is 1. The Morgan fingerprint density at radius 1 is 1.33 bits per heavy atom. The molecule has 3 rings (SSSR count). The number of amides is 1. The van der Waals surface area contributed by atoms with Crippen molar-refractivity contribution < 1.29 is 9.53 Å². The molecule has 0 unspecified atom stereocenters. The number of thiophene rings is 1. The number of para-hydroxylation sites is 2. The number of fused-ring (bicyclic) bond motifs is 1. The lowest BCUT2D eigenvalue weighted by Crippen LogP contribution is -2.12. The average Bonchev–Trinajstić information content (AvgIpc) is 2.85. The second-order valence-corrected chi connectivity index (χ2v) is 5.42. The Labute approximate surface area is 125 Å². The quantitative estimate of drug-likeness (QED) is 0.779. The van der Waals surface area contributed by atoms with Gasteiger partial charge in [0.05, 0.1) is 23.2 Å². The van der Waals surface area contributed by atoms with Crippen molar-refractivity contribution in [1.82, 2.24) is 4.98 Å². The van der Waals surface area contributed by atoms with Gasteiger partial charge in [-0.15, -0.1) is 11.3 Å². The number of nitrogen functional groups attached to an aromatic ring is 1. The zero-order chi connectivity index (χ0) is 14.8. The van der Waals surface area contributed by atoms with E-state index >= 15 is 0 Å². The zero-order valence-corrected chi connectivity index (χ0v) is 12.1. The summed E-state index contributed by atoms with van der Waals surface area (Å²) in [6.07, 6.45) is 3.36. The molecule has 3 aromatic rings. The minimum Gasteiger partial charge on any atom is -0.495 e. The van der Waals surface area contributed by atoms with Crippen LogP contribution in [0.25, 0.3) is 10.1 Å². The fraction of sp³-hybridized carbons (Fsp3) is 0.0667. The van der Waals surface area contributed by atoms with Gasteiger partial charge in [-0.3, -0.25) is 9.78 Å². The zero-order valence-electron chi connectivity index (χ0n) is 11.3. The normalized spacial score (nSPS) is 10.5. The van der Waals surface area contributed by atoms with Crippen LogP contribution in [0.5, 0.6) is 5.75 Å². The number of aromatic nitrogens is 1. The maximum Gasteiger partial charge on any atom is 0.268 e. The number of nitrogens with zero attached hydrogens (tertiary/aromatic N) is 1. The van der Waals surface area contributed by atoms with Crippen LogP contribution in [0, 0.1) is 0 Å². The molecule has 0 aliphatic rings. The second-order valence-electron chi connectivity index (χ2n) is 4.37. The molecule has 0 bridgehead atoms. The van der Waals surface area contributed by atoms with Gasteiger partial charge in [-0.2, -0.15) is 0 Å². The van der Waals surface area contributed by atoms with E-state index in [-0.39, 0.29) is 5.91 Å². The average molecular weight is 299 g/mol. The summed E-state index contributed by atoms with van der Waals surface area (Å²) >= 11 is 1.32. The molecular weight excluding hydrogens is 286 g/mol. The van der Waals surface area contributed by atoms with Gasteiger partial charge in [0.25, 0.3) is 5.91 Å². The lowest BCUT2D eigenvalue weighted by atomic mass is 10.2. The third-order valence-corrected chi connectivity index (χ3v) is 4.25. The van der Waals surface area contributed by atoms with E-state index in [1.165, 1.54) is 11.3 Å². The van der Waals surface area contributed by atoms with Gasteiger partial charge in [0.1, 0.15) is 10.6 Å². The van der Waals surface area contributed by atoms with Gasteiger partial charge in [-0.1, -0.05) is 12.1 Å². The summed E-state index contributed by atoms with van der Waals surface area (Å²) in [7, 11) is 1.56. The van der Waals surface area contributed by atoms with Crippen LogP contribution >= 0.6 is 11.3 Å². The van der Waals surface area contributed by atoms with Crippen LogP contribution in [0.1, 0.15) is 9.67 Å². The van der Waals surface area contributed by atoms with Crippen LogP contribution in [0.15, 0.2) is 42.7 Å². The molecule has 0 radical (unpaired) electrons. The van der Waals surface area contributed by atoms with Crippen LogP contribution < -0.4 is 15.8 Å². The van der Waals surface area contributed by atoms with Gasteiger partial charge in [0, 0.05) is 17.8 Å². The Balaban J connectivity index is 1.96. The Morgan fingerprint density at radius 2 is 2.14 bits per heavy atom. The summed E-state index contributed by atoms with van der Waals surface area (Å²) in [6, 6.07) is 9.04. The highest BCUT2D eigenvalue weighted by Crippen LogP contribution is 2.34. The van der Waals surface area contributed by atoms with Gasteiger partial charge in [0.2, 0.25) is 0 Å². The first-order chi connectivity index (χ1) is 10.2. The standard InChI is InChI=1S/C15H13N3O2S/c1-20-11-5-3-2-4-10(11)18-15(19)14-13(16)9-6-7-17-8-12(9)21-14/h2-8H,16H2,1H3,(H,18,19). The fourth-order valence-electron chi connectivity index (χ4n) is 2.07. The lowest BCUT2D eigenvalue weighted by Gasteiger charge is -2.09. The topological polar surface area (TPSA) is 77.2 Å². The maximum atomic E-state index is 12.4. The number of anilines is 2. The molecule has 1 amide bonds. The fourth-order valence-corrected chi connectivity index (χ4v) is 3.05. The van der Waals surface area contributed by atoms with E-state index in [2.05, 4.69) is 10.3 Å². The second kappa shape index (κ2) is 5.41. The molecule has 0 saturated carbocycles. The minimum atomic E-state index is -0.252. The number of rotatable bonds is 3. The lowest BCUT2D eigenvalue weighted by molar-refractivity contribution is 0.103. The van der Waals surface area contributed by atoms with E-state index in [0.717, 1.165) is 10.1 Å². The number of nitrogens with one attached hydrogen (secondary N) is 1. The molecule has 0 aliphatic carbocycles. The maximum absolute atomic E-state index is 12.4. The highest BCUT2D eigenvalue weighted by molar-refractivity contribution is 7.21. The Kier molecular flexibility index (Phi) is 3.45. The van der Waals surface area contributed by atoms with Crippen molar-refractivity contribution in [3.05, 3.63) is 47.6 Å². The molecule has 0 fully saturated rings. The van der Waals surface area contributed by atoms with Crippen molar-refractivity contribution in [2.75, 3.05) is 18.2 Å². The number of hydrogen-bond acceptors (Lipinski definition) is 5. The number of nitrogens with two attached hydrogens (primary N) is 1. The highest BCUT2D eigenvalue weighted by Gasteiger charge is 2.17. The van der Waals surface area contributed by atoms with E-state index in [1.54, 1.807) is 37.7 Å². The summed E-state index contributed by atoms with van der Waals surface area (Å²) < 4.78 is 6.11. The number of carbonyl (C=O) groups excluding carboxylic acids is 1. The molecule has 0 saturated heterocycles. The smallest absolute Gasteiger partial charge is 0.268 e. The largest absolute Gasteiger partial charge is 0.495 e. The SMILES string of the molecule is COc1ccccc1NC(=O)c1sc2cnccc2c1N. The summed E-state index contributed by atoms with van der Waals surface area (Å²) in [5, 5.41) is 3.67. The van der Waals surface area contributed by atoms with Crippen molar-refractivity contribution in [1.29, 1.82) is 0 Å². The molecule has 0 aliphatic heterocycles. The molecule has 6 heteroatoms. The van der Waals surface area contributed by atoms with E-state index in [4.69, 9.17) is 10.5 Å². The molecule has 0 spiro atoms. The predicted octanol–water partition coefficient (Wildman–Crippen LogP) is 3.14. The van der Waals surface area contributed by atoms with Crippen LogP contribution in [-0.4, -0.2) is 18.0 Å². The van der Waals surface area contributed by atoms with Crippen LogP contribution in [0.3, 0.4) is 0 Å². The first kappa shape index (κ1) is 13.4. The molecule has 106 valence electrons. The van der Waals surface area contributed by atoms with Crippen molar-refractivity contribution in [3.63, 3.8) is 0 Å². The molecule has 2 heterocycles. The predicted molar refractivity (Wildman–Crippen MR) is 85.0 cm³/mol. The molecule has 3 N–H and O–H groups in total. The third-order valence-electron chi connectivity index (χ3n) is 3.09. The number of carbonyl (C=O) groups is 1. The third kappa shape index (κ3) is 2.41. The molecular formula is C15H13N3O2S. The molecule has 1 aromatic carbocycles. The van der Waals surface area contributed by atoms with Crippen molar-refractivity contribution in [2.45, 2.75) is 0 Å². The van der Waals surface area contributed by atoms with E-state index in [9.17, 15) is 4.79 Å². The summed E-state index contributed by atoms with van der Waals surface area (Å²) in [6.45, 7) is 0. The van der Waals surface area contributed by atoms with Crippen LogP contribution in [-0.2, 0) is 0 Å². The van der Waals surface area contributed by atoms with Gasteiger partial charge in [-0.05, 0) is 18.2 Å².